The summed E-state index contributed by atoms with van der Waals surface area (Å²) < 4.78 is 5.25. The molecule has 3 rings (SSSR count). The number of hydrogen-bond donors (Lipinski definition) is 2. The second-order valence-corrected chi connectivity index (χ2v) is 8.39. The number of aryl methyl sites for hydroxylation is 1. The van der Waals surface area contributed by atoms with E-state index < -0.39 is 23.9 Å². The number of carbonyl (C=O) groups excluding carboxylic acids is 2. The molecule has 0 saturated carbocycles. The van der Waals surface area contributed by atoms with Crippen LogP contribution in [-0.4, -0.2) is 47.5 Å². The van der Waals surface area contributed by atoms with Crippen LogP contribution in [0.25, 0.3) is 0 Å². The number of carboxylic acid groups (broad SMARTS) is 1. The second-order valence-electron chi connectivity index (χ2n) is 7.15. The highest BCUT2D eigenvalue weighted by Crippen LogP contribution is 2.37. The Morgan fingerprint density at radius 1 is 1.19 bits per heavy atom. The van der Waals surface area contributed by atoms with Crippen molar-refractivity contribution in [1.29, 1.82) is 0 Å². The molecular weight excluding hydrogens is 416 g/mol. The number of carbonyl (C=O) groups is 3. The molecule has 1 heterocycles. The zero-order valence-corrected chi connectivity index (χ0v) is 18.1. The summed E-state index contributed by atoms with van der Waals surface area (Å²) in [6.45, 7) is 1.63. The van der Waals surface area contributed by atoms with Crippen molar-refractivity contribution in [2.45, 2.75) is 42.5 Å². The van der Waals surface area contributed by atoms with Crippen LogP contribution in [0, 0.1) is 0 Å². The maximum absolute atomic E-state index is 12.9. The summed E-state index contributed by atoms with van der Waals surface area (Å²) in [6.07, 6.45) is 1.27. The monoisotopic (exact) mass is 442 g/mol. The van der Waals surface area contributed by atoms with E-state index in [1.165, 1.54) is 16.7 Å². The number of hydrogen-bond acceptors (Lipinski definition) is 6. The Labute approximate surface area is 185 Å². The highest BCUT2D eigenvalue weighted by atomic mass is 32.2. The van der Waals surface area contributed by atoms with E-state index in [-0.39, 0.29) is 24.9 Å². The molecule has 2 N–H and O–H groups in total. The van der Waals surface area contributed by atoms with Crippen LogP contribution in [0.15, 0.2) is 59.5 Å². The molecule has 0 saturated heterocycles. The number of fused-ring (bicyclic) bond motifs is 1. The lowest BCUT2D eigenvalue weighted by molar-refractivity contribution is -0.146. The van der Waals surface area contributed by atoms with E-state index in [1.807, 2.05) is 42.5 Å². The fourth-order valence-electron chi connectivity index (χ4n) is 3.47. The van der Waals surface area contributed by atoms with Crippen LogP contribution < -0.4 is 10.2 Å². The summed E-state index contributed by atoms with van der Waals surface area (Å²) in [7, 11) is 0. The minimum absolute atomic E-state index is 0.0634. The largest absolute Gasteiger partial charge is 0.480 e. The van der Waals surface area contributed by atoms with E-state index in [4.69, 9.17) is 4.74 Å². The van der Waals surface area contributed by atoms with Crippen molar-refractivity contribution in [1.82, 2.24) is 5.32 Å². The quantitative estimate of drug-likeness (QED) is 0.576. The van der Waals surface area contributed by atoms with E-state index in [1.54, 1.807) is 19.1 Å². The number of anilines is 1. The van der Waals surface area contributed by atoms with Gasteiger partial charge in [-0.3, -0.25) is 24.6 Å². The van der Waals surface area contributed by atoms with Gasteiger partial charge in [0.15, 0.2) is 0 Å². The minimum atomic E-state index is -1.08. The van der Waals surface area contributed by atoms with Gasteiger partial charge in [0.1, 0.15) is 12.6 Å². The first-order chi connectivity index (χ1) is 15.0. The van der Waals surface area contributed by atoms with E-state index in [9.17, 15) is 19.5 Å². The number of thioether (sulfide) groups is 1. The van der Waals surface area contributed by atoms with Crippen molar-refractivity contribution in [3.63, 3.8) is 0 Å². The highest BCUT2D eigenvalue weighted by Gasteiger charge is 2.32. The molecule has 0 aliphatic carbocycles. The summed E-state index contributed by atoms with van der Waals surface area (Å²) in [5.41, 5.74) is 1.68. The van der Waals surface area contributed by atoms with Crippen LogP contribution in [-0.2, 0) is 25.5 Å². The predicted molar refractivity (Wildman–Crippen MR) is 119 cm³/mol. The molecule has 0 aromatic heterocycles. The molecule has 1 amide bonds. The van der Waals surface area contributed by atoms with Crippen LogP contribution in [0.4, 0.5) is 5.69 Å². The molecule has 31 heavy (non-hydrogen) atoms. The summed E-state index contributed by atoms with van der Waals surface area (Å²) in [4.78, 5) is 38.8. The average molecular weight is 443 g/mol. The lowest BCUT2D eigenvalue weighted by atomic mass is 10.1. The molecule has 8 heteroatoms. The number of amides is 1. The van der Waals surface area contributed by atoms with Crippen LogP contribution in [0.1, 0.15) is 25.3 Å². The molecule has 1 aliphatic rings. The molecule has 2 aromatic rings. The van der Waals surface area contributed by atoms with Gasteiger partial charge in [0, 0.05) is 4.90 Å². The Bertz CT molecular complexity index is 921. The summed E-state index contributed by atoms with van der Waals surface area (Å²) >= 11 is 1.42. The molecule has 0 radical (unpaired) electrons. The van der Waals surface area contributed by atoms with Crippen molar-refractivity contribution in [2.75, 3.05) is 18.1 Å². The third-order valence-electron chi connectivity index (χ3n) is 4.90. The van der Waals surface area contributed by atoms with Gasteiger partial charge in [-0.15, -0.1) is 11.8 Å². The Hall–Kier alpha value is -2.84. The van der Waals surface area contributed by atoms with E-state index in [2.05, 4.69) is 5.32 Å². The van der Waals surface area contributed by atoms with Crippen molar-refractivity contribution in [2.24, 2.45) is 0 Å². The number of aliphatic carboxylic acids is 1. The molecular formula is C23H26N2O5S. The van der Waals surface area contributed by atoms with Crippen molar-refractivity contribution in [3.8, 4) is 0 Å². The number of benzene rings is 2. The molecule has 1 unspecified atom stereocenters. The third-order valence-corrected chi connectivity index (χ3v) is 6.09. The Morgan fingerprint density at radius 3 is 2.61 bits per heavy atom. The zero-order valence-electron chi connectivity index (χ0n) is 17.3. The molecule has 7 nitrogen and oxygen atoms in total. The molecule has 164 valence electrons. The van der Waals surface area contributed by atoms with Gasteiger partial charge in [0.2, 0.25) is 5.91 Å². The first kappa shape index (κ1) is 22.8. The van der Waals surface area contributed by atoms with Gasteiger partial charge in [-0.2, -0.15) is 0 Å². The van der Waals surface area contributed by atoms with Gasteiger partial charge in [-0.25, -0.2) is 0 Å². The lowest BCUT2D eigenvalue weighted by Crippen LogP contribution is -2.45. The van der Waals surface area contributed by atoms with Gasteiger partial charge < -0.3 is 9.84 Å². The third kappa shape index (κ3) is 6.32. The number of nitrogens with zero attached hydrogens (tertiary/aromatic N) is 1. The SMILES string of the molecule is CCOC(=O)[C@@H](CCc1ccccc1)NC1CC(=O)N(CC(=O)O)c2ccccc2S1. The standard InChI is InChI=1S/C23H26N2O5S/c1-2-30-23(29)17(13-12-16-8-4-3-5-9-16)24-20-14-21(26)25(15-22(27)28)18-10-6-7-11-19(18)31-20/h3-11,17,20,24H,2,12-15H2,1H3,(H,27,28)/t17-,20?/m1/s1. The normalized spacial score (nSPS) is 16.9. The smallest absolute Gasteiger partial charge is 0.323 e. The van der Waals surface area contributed by atoms with Gasteiger partial charge in [-0.05, 0) is 37.5 Å². The predicted octanol–water partition coefficient (Wildman–Crippen LogP) is 3.08. The van der Waals surface area contributed by atoms with Gasteiger partial charge in [-0.1, -0.05) is 42.5 Å². The summed E-state index contributed by atoms with van der Waals surface area (Å²) in [6, 6.07) is 16.5. The Morgan fingerprint density at radius 2 is 1.90 bits per heavy atom. The van der Waals surface area contributed by atoms with Crippen molar-refractivity contribution in [3.05, 3.63) is 60.2 Å². The second kappa shape index (κ2) is 11.0. The van der Waals surface area contributed by atoms with E-state index in [0.717, 1.165) is 10.5 Å². The van der Waals surface area contributed by atoms with Gasteiger partial charge in [0.25, 0.3) is 0 Å². The first-order valence-corrected chi connectivity index (χ1v) is 11.1. The number of rotatable bonds is 9. The Kier molecular flexibility index (Phi) is 8.08. The summed E-state index contributed by atoms with van der Waals surface area (Å²) in [5.74, 6) is -1.73. The summed E-state index contributed by atoms with van der Waals surface area (Å²) in [5, 5.41) is 12.1. The number of para-hydroxylation sites is 1. The zero-order chi connectivity index (χ0) is 22.2. The number of esters is 1. The van der Waals surface area contributed by atoms with Gasteiger partial charge in [0.05, 0.1) is 24.1 Å². The minimum Gasteiger partial charge on any atom is -0.480 e. The van der Waals surface area contributed by atoms with Gasteiger partial charge >= 0.3 is 11.9 Å². The van der Waals surface area contributed by atoms with Crippen LogP contribution in [0.3, 0.4) is 0 Å². The van der Waals surface area contributed by atoms with Crippen molar-refractivity contribution >= 4 is 35.3 Å². The molecule has 1 aliphatic heterocycles. The fourth-order valence-corrected chi connectivity index (χ4v) is 4.69. The molecule has 0 spiro atoms. The van der Waals surface area contributed by atoms with E-state index >= 15 is 0 Å². The molecule has 0 fully saturated rings. The number of ether oxygens (including phenoxy) is 1. The molecule has 2 aromatic carbocycles. The lowest BCUT2D eigenvalue weighted by Gasteiger charge is -2.23. The maximum atomic E-state index is 12.9. The number of nitrogens with one attached hydrogen (secondary N) is 1. The van der Waals surface area contributed by atoms with Crippen molar-refractivity contribution < 1.29 is 24.2 Å². The highest BCUT2D eigenvalue weighted by molar-refractivity contribution is 8.00. The topological polar surface area (TPSA) is 95.9 Å². The van der Waals surface area contributed by atoms with Crippen LogP contribution in [0.2, 0.25) is 0 Å². The fraction of sp³-hybridized carbons (Fsp3) is 0.348. The number of carboxylic acids is 1. The Balaban J connectivity index is 1.78. The first-order valence-electron chi connectivity index (χ1n) is 10.2. The van der Waals surface area contributed by atoms with Crippen LogP contribution >= 0.6 is 11.8 Å². The maximum Gasteiger partial charge on any atom is 0.323 e. The van der Waals surface area contributed by atoms with E-state index in [0.29, 0.717) is 18.5 Å². The molecule has 0 bridgehead atoms. The molecule has 2 atom stereocenters. The van der Waals surface area contributed by atoms with Crippen LogP contribution in [0.5, 0.6) is 0 Å². The average Bonchev–Trinajstić information content (AvgIpc) is 2.88.